The summed E-state index contributed by atoms with van der Waals surface area (Å²) in [7, 11) is 0. The molecule has 15 heavy (non-hydrogen) atoms. The van der Waals surface area contributed by atoms with E-state index in [0.717, 1.165) is 5.52 Å². The van der Waals surface area contributed by atoms with E-state index < -0.39 is 4.92 Å². The molecule has 0 radical (unpaired) electrons. The molecule has 1 heterocycles. The third-order valence-electron chi connectivity index (χ3n) is 2.03. The first-order valence-electron chi connectivity index (χ1n) is 4.23. The van der Waals surface area contributed by atoms with E-state index in [1.807, 2.05) is 0 Å². The first-order valence-corrected chi connectivity index (χ1v) is 4.64. The number of nitrogens with zero attached hydrogens (tertiary/aromatic N) is 2. The average molecular weight is 221 g/mol. The zero-order chi connectivity index (χ0) is 11.0. The van der Waals surface area contributed by atoms with Gasteiger partial charge in [-0.2, -0.15) is 0 Å². The van der Waals surface area contributed by atoms with Gasteiger partial charge in [-0.15, -0.1) is 0 Å². The summed E-state index contributed by atoms with van der Waals surface area (Å²) >= 11 is 5.03. The standard InChI is InChI=1S/C9H7N3O2S/c1-5-10-8-3-2-6(12(13)14)4-7(8)9(15)11-5/h2-4H,1H3,(H,10,11,15). The number of nitro benzene ring substituents is 1. The zero-order valence-electron chi connectivity index (χ0n) is 7.85. The molecule has 0 fully saturated rings. The number of rotatable bonds is 1. The van der Waals surface area contributed by atoms with Gasteiger partial charge in [-0.25, -0.2) is 4.98 Å². The van der Waals surface area contributed by atoms with Gasteiger partial charge in [-0.1, -0.05) is 12.2 Å². The molecule has 2 rings (SSSR count). The second kappa shape index (κ2) is 3.39. The lowest BCUT2D eigenvalue weighted by Gasteiger charge is -1.99. The lowest BCUT2D eigenvalue weighted by atomic mass is 10.2. The van der Waals surface area contributed by atoms with Crippen molar-refractivity contribution in [1.82, 2.24) is 9.97 Å². The summed E-state index contributed by atoms with van der Waals surface area (Å²) in [5, 5.41) is 11.2. The quantitative estimate of drug-likeness (QED) is 0.456. The summed E-state index contributed by atoms with van der Waals surface area (Å²) in [6, 6.07) is 4.51. The number of aromatic amines is 1. The lowest BCUT2D eigenvalue weighted by Crippen LogP contribution is -1.92. The summed E-state index contributed by atoms with van der Waals surface area (Å²) < 4.78 is 0.380. The number of hydrogen-bond donors (Lipinski definition) is 1. The van der Waals surface area contributed by atoms with Crippen molar-refractivity contribution < 1.29 is 4.92 Å². The van der Waals surface area contributed by atoms with Crippen molar-refractivity contribution in [1.29, 1.82) is 0 Å². The highest BCUT2D eigenvalue weighted by molar-refractivity contribution is 7.71. The Hall–Kier alpha value is -1.82. The van der Waals surface area contributed by atoms with Crippen LogP contribution in [0, 0.1) is 21.7 Å². The highest BCUT2D eigenvalue weighted by Gasteiger charge is 2.07. The van der Waals surface area contributed by atoms with Crippen molar-refractivity contribution in [3.63, 3.8) is 0 Å². The van der Waals surface area contributed by atoms with Crippen LogP contribution in [0.2, 0.25) is 0 Å². The molecule has 0 bridgehead atoms. The van der Waals surface area contributed by atoms with Crippen LogP contribution in [0.15, 0.2) is 18.2 Å². The smallest absolute Gasteiger partial charge is 0.270 e. The maximum absolute atomic E-state index is 10.6. The first kappa shape index (κ1) is 9.72. The number of H-pyrrole nitrogens is 1. The van der Waals surface area contributed by atoms with Crippen molar-refractivity contribution in [2.45, 2.75) is 6.92 Å². The number of fused-ring (bicyclic) bond motifs is 1. The summed E-state index contributed by atoms with van der Waals surface area (Å²) in [6.45, 7) is 1.79. The molecule has 0 aliphatic heterocycles. The molecule has 0 aliphatic rings. The lowest BCUT2D eigenvalue weighted by molar-refractivity contribution is -0.384. The summed E-state index contributed by atoms with van der Waals surface area (Å²) in [6.07, 6.45) is 0. The fourth-order valence-electron chi connectivity index (χ4n) is 1.37. The fraction of sp³-hybridized carbons (Fsp3) is 0.111. The fourth-order valence-corrected chi connectivity index (χ4v) is 1.67. The zero-order valence-corrected chi connectivity index (χ0v) is 8.67. The third-order valence-corrected chi connectivity index (χ3v) is 2.34. The van der Waals surface area contributed by atoms with Crippen molar-refractivity contribution in [3.8, 4) is 0 Å². The molecule has 0 saturated carbocycles. The van der Waals surface area contributed by atoms with Crippen LogP contribution in [-0.4, -0.2) is 14.9 Å². The Morgan fingerprint density at radius 3 is 2.93 bits per heavy atom. The molecule has 6 heteroatoms. The van der Waals surface area contributed by atoms with Crippen molar-refractivity contribution in [3.05, 3.63) is 38.8 Å². The molecular weight excluding hydrogens is 214 g/mol. The molecule has 0 saturated heterocycles. The van der Waals surface area contributed by atoms with Crippen LogP contribution in [0.5, 0.6) is 0 Å². The predicted octanol–water partition coefficient (Wildman–Crippen LogP) is 2.51. The van der Waals surface area contributed by atoms with Gasteiger partial charge in [0.25, 0.3) is 5.69 Å². The number of aromatic nitrogens is 2. The maximum atomic E-state index is 10.6. The van der Waals surface area contributed by atoms with E-state index in [1.165, 1.54) is 12.1 Å². The number of nitrogens with one attached hydrogen (secondary N) is 1. The highest BCUT2D eigenvalue weighted by Crippen LogP contribution is 2.19. The molecule has 0 spiro atoms. The number of hydrogen-bond acceptors (Lipinski definition) is 4. The Kier molecular flexibility index (Phi) is 2.20. The van der Waals surface area contributed by atoms with E-state index in [2.05, 4.69) is 9.97 Å². The van der Waals surface area contributed by atoms with Crippen molar-refractivity contribution >= 4 is 28.8 Å². The van der Waals surface area contributed by atoms with Gasteiger partial charge in [0.05, 0.1) is 10.4 Å². The van der Waals surface area contributed by atoms with Crippen molar-refractivity contribution in [2.24, 2.45) is 0 Å². The highest BCUT2D eigenvalue weighted by atomic mass is 32.1. The molecule has 0 unspecified atom stereocenters. The van der Waals surface area contributed by atoms with Crippen LogP contribution < -0.4 is 0 Å². The Morgan fingerprint density at radius 1 is 1.53 bits per heavy atom. The molecule has 1 N–H and O–H groups in total. The van der Waals surface area contributed by atoms with Gasteiger partial charge in [-0.3, -0.25) is 10.1 Å². The molecule has 1 aromatic heterocycles. The molecule has 0 amide bonds. The molecule has 76 valence electrons. The van der Waals surface area contributed by atoms with E-state index in [9.17, 15) is 10.1 Å². The number of nitro groups is 1. The van der Waals surface area contributed by atoms with Crippen LogP contribution in [0.3, 0.4) is 0 Å². The minimum Gasteiger partial charge on any atom is -0.343 e. The van der Waals surface area contributed by atoms with Crippen LogP contribution in [0.25, 0.3) is 10.9 Å². The Morgan fingerprint density at radius 2 is 2.27 bits per heavy atom. The van der Waals surface area contributed by atoms with Gasteiger partial charge in [0.15, 0.2) is 0 Å². The van der Waals surface area contributed by atoms with Crippen molar-refractivity contribution in [2.75, 3.05) is 0 Å². The number of benzene rings is 1. The first-order chi connectivity index (χ1) is 7.08. The van der Waals surface area contributed by atoms with E-state index in [1.54, 1.807) is 13.0 Å². The van der Waals surface area contributed by atoms with E-state index in [0.29, 0.717) is 15.9 Å². The van der Waals surface area contributed by atoms with Gasteiger partial charge in [0.2, 0.25) is 0 Å². The van der Waals surface area contributed by atoms with E-state index in [4.69, 9.17) is 12.2 Å². The Balaban J connectivity index is 2.83. The molecule has 0 atom stereocenters. The van der Waals surface area contributed by atoms with E-state index >= 15 is 0 Å². The molecule has 1 aromatic carbocycles. The van der Waals surface area contributed by atoms with E-state index in [-0.39, 0.29) is 5.69 Å². The minimum atomic E-state index is -0.450. The van der Waals surface area contributed by atoms with Crippen LogP contribution in [0.4, 0.5) is 5.69 Å². The normalized spacial score (nSPS) is 10.5. The summed E-state index contributed by atoms with van der Waals surface area (Å²) in [5.74, 6) is 0.696. The Labute approximate surface area is 89.9 Å². The van der Waals surface area contributed by atoms with Gasteiger partial charge in [0, 0.05) is 17.5 Å². The monoisotopic (exact) mass is 221 g/mol. The minimum absolute atomic E-state index is 0.0210. The molecule has 5 nitrogen and oxygen atoms in total. The SMILES string of the molecule is Cc1nc(=S)c2cc([N+](=O)[O-])ccc2[nH]1. The summed E-state index contributed by atoms with van der Waals surface area (Å²) in [5.41, 5.74) is 0.783. The predicted molar refractivity (Wildman–Crippen MR) is 58.3 cm³/mol. The topological polar surface area (TPSA) is 71.8 Å². The number of non-ortho nitro benzene ring substituents is 1. The third kappa shape index (κ3) is 1.71. The second-order valence-electron chi connectivity index (χ2n) is 3.11. The van der Waals surface area contributed by atoms with Crippen LogP contribution in [0.1, 0.15) is 5.82 Å². The van der Waals surface area contributed by atoms with Crippen LogP contribution in [-0.2, 0) is 0 Å². The Bertz CT molecular complexity index is 606. The number of aryl methyl sites for hydroxylation is 1. The van der Waals surface area contributed by atoms with Gasteiger partial charge in [0.1, 0.15) is 10.5 Å². The molecular formula is C9H7N3O2S. The van der Waals surface area contributed by atoms with Gasteiger partial charge < -0.3 is 4.98 Å². The molecule has 2 aromatic rings. The second-order valence-corrected chi connectivity index (χ2v) is 3.50. The van der Waals surface area contributed by atoms with Gasteiger partial charge in [-0.05, 0) is 13.0 Å². The summed E-state index contributed by atoms with van der Waals surface area (Å²) in [4.78, 5) is 17.1. The molecule has 0 aliphatic carbocycles. The maximum Gasteiger partial charge on any atom is 0.270 e. The average Bonchev–Trinajstić information content (AvgIpc) is 2.16. The van der Waals surface area contributed by atoms with Crippen LogP contribution >= 0.6 is 12.2 Å². The largest absolute Gasteiger partial charge is 0.343 e. The van der Waals surface area contributed by atoms with Gasteiger partial charge >= 0.3 is 0 Å².